The zero-order chi connectivity index (χ0) is 20.2. The van der Waals surface area contributed by atoms with Gasteiger partial charge in [0.2, 0.25) is 11.8 Å². The van der Waals surface area contributed by atoms with E-state index in [4.69, 9.17) is 5.73 Å². The third-order valence-electron chi connectivity index (χ3n) is 7.91. The molecule has 29 heavy (non-hydrogen) atoms. The summed E-state index contributed by atoms with van der Waals surface area (Å²) in [4.78, 5) is 31.5. The van der Waals surface area contributed by atoms with Gasteiger partial charge in [-0.05, 0) is 75.5 Å². The van der Waals surface area contributed by atoms with E-state index in [-0.39, 0.29) is 23.1 Å². The van der Waals surface area contributed by atoms with Crippen LogP contribution in [0, 0.1) is 11.3 Å². The Morgan fingerprint density at radius 1 is 1.21 bits per heavy atom. The van der Waals surface area contributed by atoms with E-state index < -0.39 is 0 Å². The molecule has 5 rings (SSSR count). The van der Waals surface area contributed by atoms with E-state index in [0.29, 0.717) is 17.3 Å². The molecule has 1 aromatic rings. The summed E-state index contributed by atoms with van der Waals surface area (Å²) in [6, 6.07) is 8.73. The number of anilines is 1. The average Bonchev–Trinajstić information content (AvgIpc) is 3.22. The molecule has 1 aromatic carbocycles. The quantitative estimate of drug-likeness (QED) is 0.596. The maximum atomic E-state index is 12.8. The third-order valence-corrected chi connectivity index (χ3v) is 7.91. The highest BCUT2D eigenvalue weighted by Crippen LogP contribution is 2.54. The van der Waals surface area contributed by atoms with Gasteiger partial charge in [-0.15, -0.1) is 0 Å². The Kier molecular flexibility index (Phi) is 4.32. The second kappa shape index (κ2) is 6.66. The fourth-order valence-electron chi connectivity index (χ4n) is 6.37. The second-order valence-electron chi connectivity index (χ2n) is 9.73. The van der Waals surface area contributed by atoms with Crippen LogP contribution in [0.1, 0.15) is 57.4 Å². The van der Waals surface area contributed by atoms with Gasteiger partial charge in [0.25, 0.3) is 0 Å². The van der Waals surface area contributed by atoms with Crippen LogP contribution >= 0.6 is 0 Å². The first-order valence-electron chi connectivity index (χ1n) is 10.9. The highest BCUT2D eigenvalue weighted by Gasteiger charge is 2.53. The molecule has 0 unspecified atom stereocenters. The van der Waals surface area contributed by atoms with Gasteiger partial charge >= 0.3 is 0 Å². The molecule has 0 aromatic heterocycles. The zero-order valence-electron chi connectivity index (χ0n) is 17.1. The van der Waals surface area contributed by atoms with Crippen LogP contribution in [-0.2, 0) is 15.0 Å². The number of carbonyl (C=O) groups is 2. The second-order valence-corrected chi connectivity index (χ2v) is 9.73. The molecule has 0 atom stereocenters. The number of amides is 2. The lowest BCUT2D eigenvalue weighted by atomic mass is 9.61. The number of benzene rings is 1. The Hall–Kier alpha value is -2.21. The summed E-state index contributed by atoms with van der Waals surface area (Å²) in [7, 11) is 0. The van der Waals surface area contributed by atoms with Gasteiger partial charge in [-0.2, -0.15) is 0 Å². The molecule has 2 aliphatic heterocycles. The third kappa shape index (κ3) is 3.00. The first-order valence-corrected chi connectivity index (χ1v) is 10.9. The smallest absolute Gasteiger partial charge is 0.250 e. The van der Waals surface area contributed by atoms with Gasteiger partial charge in [0, 0.05) is 24.2 Å². The molecule has 154 valence electrons. The van der Waals surface area contributed by atoms with Crippen molar-refractivity contribution in [2.75, 3.05) is 18.4 Å². The number of hydrogen-bond donors (Lipinski definition) is 2. The van der Waals surface area contributed by atoms with Crippen molar-refractivity contribution in [1.29, 1.82) is 0 Å². The van der Waals surface area contributed by atoms with Crippen molar-refractivity contribution in [2.45, 2.75) is 63.3 Å². The van der Waals surface area contributed by atoms with Crippen LogP contribution in [0.5, 0.6) is 0 Å². The van der Waals surface area contributed by atoms with E-state index in [1.54, 1.807) is 6.92 Å². The number of likely N-dealkylation sites (tertiary alicyclic amines) is 1. The minimum atomic E-state index is -0.323. The number of aliphatic imine (C=N–C) groups is 1. The van der Waals surface area contributed by atoms with Crippen molar-refractivity contribution in [3.8, 4) is 0 Å². The molecule has 0 bridgehead atoms. The highest BCUT2D eigenvalue weighted by molar-refractivity contribution is 6.06. The van der Waals surface area contributed by atoms with Crippen molar-refractivity contribution in [3.63, 3.8) is 0 Å². The number of nitrogens with one attached hydrogen (secondary N) is 1. The summed E-state index contributed by atoms with van der Waals surface area (Å²) in [6.07, 6.45) is 7.06. The van der Waals surface area contributed by atoms with Gasteiger partial charge in [-0.25, -0.2) is 4.99 Å². The van der Waals surface area contributed by atoms with Gasteiger partial charge < -0.3 is 11.1 Å². The number of carbonyl (C=O) groups excluding carboxylic acids is 2. The number of para-hydroxylation sites is 1. The molecule has 2 amide bonds. The first-order chi connectivity index (χ1) is 13.9. The van der Waals surface area contributed by atoms with Crippen LogP contribution in [0.15, 0.2) is 29.3 Å². The summed E-state index contributed by atoms with van der Waals surface area (Å²) < 4.78 is 0. The molecular formula is C23H30N4O2. The standard InChI is InChI=1S/C23H30N4O2/c1-15(24)25-20(28)16-12-22(13-16)10-11-27(14-22)17-6-8-23(9-7-17)18-4-2-3-5-19(18)26-21(23)29/h2-5,16-17H,6-14H2,1H3,(H,26,29)(H2,24,25,28). The van der Waals surface area contributed by atoms with Gasteiger partial charge in [0.15, 0.2) is 0 Å². The van der Waals surface area contributed by atoms with Crippen molar-refractivity contribution < 1.29 is 9.59 Å². The molecule has 0 radical (unpaired) electrons. The van der Waals surface area contributed by atoms with E-state index in [1.807, 2.05) is 18.2 Å². The van der Waals surface area contributed by atoms with E-state index in [2.05, 4.69) is 21.3 Å². The summed E-state index contributed by atoms with van der Waals surface area (Å²) in [5, 5.41) is 3.10. The maximum absolute atomic E-state index is 12.8. The average molecular weight is 395 g/mol. The molecule has 2 spiro atoms. The topological polar surface area (TPSA) is 87.8 Å². The fourth-order valence-corrected chi connectivity index (χ4v) is 6.37. The summed E-state index contributed by atoms with van der Waals surface area (Å²) in [6.45, 7) is 3.87. The molecule has 1 saturated heterocycles. The molecule has 2 heterocycles. The van der Waals surface area contributed by atoms with Crippen molar-refractivity contribution in [2.24, 2.45) is 22.1 Å². The lowest BCUT2D eigenvalue weighted by Crippen LogP contribution is -2.47. The predicted octanol–water partition coefficient (Wildman–Crippen LogP) is 2.82. The predicted molar refractivity (Wildman–Crippen MR) is 113 cm³/mol. The normalized spacial score (nSPS) is 36.9. The van der Waals surface area contributed by atoms with E-state index >= 15 is 0 Å². The van der Waals surface area contributed by atoms with E-state index in [1.165, 1.54) is 12.0 Å². The number of rotatable bonds is 2. The Labute approximate surface area is 171 Å². The molecular weight excluding hydrogens is 364 g/mol. The lowest BCUT2D eigenvalue weighted by molar-refractivity contribution is -0.128. The molecule has 4 aliphatic rings. The Balaban J connectivity index is 1.20. The van der Waals surface area contributed by atoms with Crippen LogP contribution < -0.4 is 11.1 Å². The van der Waals surface area contributed by atoms with Gasteiger partial charge in [-0.1, -0.05) is 18.2 Å². The Morgan fingerprint density at radius 3 is 2.66 bits per heavy atom. The maximum Gasteiger partial charge on any atom is 0.250 e. The molecule has 6 heteroatoms. The van der Waals surface area contributed by atoms with Crippen LogP contribution in [0.3, 0.4) is 0 Å². The Bertz CT molecular complexity index is 875. The Morgan fingerprint density at radius 2 is 1.93 bits per heavy atom. The van der Waals surface area contributed by atoms with Crippen molar-refractivity contribution >= 4 is 23.3 Å². The fraction of sp³-hybridized carbons (Fsp3) is 0.609. The number of nitrogens with zero attached hydrogens (tertiary/aromatic N) is 2. The molecule has 3 fully saturated rings. The minimum Gasteiger partial charge on any atom is -0.387 e. The van der Waals surface area contributed by atoms with Gasteiger partial charge in [0.05, 0.1) is 11.3 Å². The largest absolute Gasteiger partial charge is 0.387 e. The monoisotopic (exact) mass is 394 g/mol. The minimum absolute atomic E-state index is 0.0420. The van der Waals surface area contributed by atoms with E-state index in [9.17, 15) is 9.59 Å². The number of fused-ring (bicyclic) bond motifs is 2. The number of hydrogen-bond acceptors (Lipinski definition) is 3. The van der Waals surface area contributed by atoms with Crippen LogP contribution in [0.4, 0.5) is 5.69 Å². The summed E-state index contributed by atoms with van der Waals surface area (Å²) in [5.41, 5.74) is 7.72. The summed E-state index contributed by atoms with van der Waals surface area (Å²) >= 11 is 0. The number of amidine groups is 1. The van der Waals surface area contributed by atoms with Crippen LogP contribution in [-0.4, -0.2) is 41.7 Å². The molecule has 6 nitrogen and oxygen atoms in total. The van der Waals surface area contributed by atoms with Crippen LogP contribution in [0.2, 0.25) is 0 Å². The SMILES string of the molecule is CC(N)=NC(=O)C1CC2(CCN(C3CCC4(CC3)C(=O)Nc3ccccc34)C2)C1. The van der Waals surface area contributed by atoms with E-state index in [0.717, 1.165) is 57.3 Å². The zero-order valence-corrected chi connectivity index (χ0v) is 17.1. The number of nitrogens with two attached hydrogens (primary N) is 1. The van der Waals surface area contributed by atoms with Gasteiger partial charge in [0.1, 0.15) is 0 Å². The molecule has 3 N–H and O–H groups in total. The van der Waals surface area contributed by atoms with Crippen molar-refractivity contribution in [1.82, 2.24) is 4.90 Å². The first kappa shape index (κ1) is 18.8. The summed E-state index contributed by atoms with van der Waals surface area (Å²) in [5.74, 6) is 0.560. The highest BCUT2D eigenvalue weighted by atomic mass is 16.2. The molecule has 2 aliphatic carbocycles. The molecule has 2 saturated carbocycles. The lowest BCUT2D eigenvalue weighted by Gasteiger charge is -2.45. The van der Waals surface area contributed by atoms with Crippen LogP contribution in [0.25, 0.3) is 0 Å². The van der Waals surface area contributed by atoms with Gasteiger partial charge in [-0.3, -0.25) is 14.5 Å². The van der Waals surface area contributed by atoms with Crippen molar-refractivity contribution in [3.05, 3.63) is 29.8 Å².